The molecule has 2 nitrogen and oxygen atoms in total. The summed E-state index contributed by atoms with van der Waals surface area (Å²) in [7, 11) is 0. The molecule has 0 fully saturated rings. The van der Waals surface area contributed by atoms with E-state index in [9.17, 15) is 13.9 Å². The fourth-order valence-electron chi connectivity index (χ4n) is 2.05. The molecule has 2 aromatic rings. The van der Waals surface area contributed by atoms with E-state index in [1.807, 2.05) is 30.3 Å². The third-order valence-electron chi connectivity index (χ3n) is 3.32. The van der Waals surface area contributed by atoms with Gasteiger partial charge in [0.2, 0.25) is 0 Å². The van der Waals surface area contributed by atoms with Crippen LogP contribution >= 0.6 is 0 Å². The average molecular weight is 289 g/mol. The number of halogens is 2. The van der Waals surface area contributed by atoms with Crippen LogP contribution in [0, 0.1) is 11.6 Å². The van der Waals surface area contributed by atoms with Crippen LogP contribution in [0.1, 0.15) is 11.1 Å². The Bertz CT molecular complexity index is 615. The zero-order chi connectivity index (χ0) is 15.3. The van der Waals surface area contributed by atoms with Gasteiger partial charge in [0, 0.05) is 13.1 Å². The van der Waals surface area contributed by atoms with Crippen LogP contribution in [-0.4, -0.2) is 11.7 Å². The van der Waals surface area contributed by atoms with Gasteiger partial charge in [-0.1, -0.05) is 49.1 Å². The number of aliphatic hydroxyl groups is 1. The minimum absolute atomic E-state index is 0.149. The minimum Gasteiger partial charge on any atom is -0.380 e. The van der Waals surface area contributed by atoms with Crippen LogP contribution in [0.3, 0.4) is 0 Å². The number of hydrogen-bond acceptors (Lipinski definition) is 2. The number of benzene rings is 2. The molecular formula is C17H17F2NO. The van der Waals surface area contributed by atoms with Gasteiger partial charge in [0.1, 0.15) is 5.60 Å². The first-order valence-electron chi connectivity index (χ1n) is 6.61. The van der Waals surface area contributed by atoms with Gasteiger partial charge in [-0.2, -0.15) is 0 Å². The topological polar surface area (TPSA) is 32.3 Å². The molecule has 2 aromatic carbocycles. The molecule has 0 radical (unpaired) electrons. The van der Waals surface area contributed by atoms with Gasteiger partial charge in [-0.3, -0.25) is 0 Å². The van der Waals surface area contributed by atoms with Crippen molar-refractivity contribution in [2.24, 2.45) is 0 Å². The second-order valence-corrected chi connectivity index (χ2v) is 4.85. The second kappa shape index (κ2) is 6.61. The van der Waals surface area contributed by atoms with Crippen molar-refractivity contribution >= 4 is 0 Å². The highest BCUT2D eigenvalue weighted by Crippen LogP contribution is 2.23. The van der Waals surface area contributed by atoms with E-state index in [1.54, 1.807) is 0 Å². The Morgan fingerprint density at radius 2 is 1.81 bits per heavy atom. The third-order valence-corrected chi connectivity index (χ3v) is 3.32. The summed E-state index contributed by atoms with van der Waals surface area (Å²) in [6.45, 7) is 4.29. The van der Waals surface area contributed by atoms with Gasteiger partial charge in [-0.05, 0) is 23.3 Å². The summed E-state index contributed by atoms with van der Waals surface area (Å²) in [5.41, 5.74) is -0.130. The van der Waals surface area contributed by atoms with Gasteiger partial charge < -0.3 is 10.4 Å². The van der Waals surface area contributed by atoms with Crippen LogP contribution in [0.2, 0.25) is 0 Å². The predicted molar refractivity (Wildman–Crippen MR) is 78.6 cm³/mol. The third kappa shape index (κ3) is 3.74. The van der Waals surface area contributed by atoms with Crippen LogP contribution in [-0.2, 0) is 12.1 Å². The maximum atomic E-state index is 13.3. The Labute approximate surface area is 122 Å². The summed E-state index contributed by atoms with van der Waals surface area (Å²) < 4.78 is 26.3. The van der Waals surface area contributed by atoms with E-state index in [0.717, 1.165) is 17.7 Å². The molecule has 0 aliphatic rings. The average Bonchev–Trinajstić information content (AvgIpc) is 2.51. The predicted octanol–water partition coefficient (Wildman–Crippen LogP) is 3.13. The second-order valence-electron chi connectivity index (χ2n) is 4.85. The molecule has 0 saturated heterocycles. The van der Waals surface area contributed by atoms with Gasteiger partial charge >= 0.3 is 0 Å². The molecule has 2 rings (SSSR count). The molecule has 0 aromatic heterocycles. The van der Waals surface area contributed by atoms with Crippen molar-refractivity contribution in [2.75, 3.05) is 6.54 Å². The lowest BCUT2D eigenvalue weighted by Gasteiger charge is -2.25. The molecule has 0 aliphatic heterocycles. The molecule has 2 N–H and O–H groups in total. The zero-order valence-corrected chi connectivity index (χ0v) is 11.5. The molecule has 1 unspecified atom stereocenters. The summed E-state index contributed by atoms with van der Waals surface area (Å²) in [5.74, 6) is -1.93. The number of hydrogen-bond donors (Lipinski definition) is 2. The summed E-state index contributed by atoms with van der Waals surface area (Å²) in [6.07, 6.45) is 1.32. The highest BCUT2D eigenvalue weighted by Gasteiger charge is 2.26. The molecule has 110 valence electrons. The van der Waals surface area contributed by atoms with E-state index in [4.69, 9.17) is 0 Å². The summed E-state index contributed by atoms with van der Waals surface area (Å²) >= 11 is 0. The Balaban J connectivity index is 2.06. The fourth-order valence-corrected chi connectivity index (χ4v) is 2.05. The Morgan fingerprint density at radius 3 is 2.43 bits per heavy atom. The van der Waals surface area contributed by atoms with E-state index in [1.165, 1.54) is 12.1 Å². The molecule has 0 amide bonds. The molecule has 4 heteroatoms. The molecule has 1 atom stereocenters. The molecule has 0 spiro atoms. The SMILES string of the molecule is C=CC(O)(CNCc1ccccc1)c1ccc(F)c(F)c1. The van der Waals surface area contributed by atoms with Crippen molar-refractivity contribution < 1.29 is 13.9 Å². The highest BCUT2D eigenvalue weighted by atomic mass is 19.2. The highest BCUT2D eigenvalue weighted by molar-refractivity contribution is 5.28. The van der Waals surface area contributed by atoms with Crippen molar-refractivity contribution in [1.82, 2.24) is 5.32 Å². The lowest BCUT2D eigenvalue weighted by atomic mass is 9.93. The van der Waals surface area contributed by atoms with E-state index < -0.39 is 17.2 Å². The van der Waals surface area contributed by atoms with Crippen molar-refractivity contribution in [3.63, 3.8) is 0 Å². The Morgan fingerprint density at radius 1 is 1.10 bits per heavy atom. The normalized spacial score (nSPS) is 13.7. The van der Waals surface area contributed by atoms with Crippen molar-refractivity contribution in [3.8, 4) is 0 Å². The molecule has 0 aliphatic carbocycles. The molecule has 0 bridgehead atoms. The Hall–Kier alpha value is -2.04. The maximum absolute atomic E-state index is 13.3. The quantitative estimate of drug-likeness (QED) is 0.801. The van der Waals surface area contributed by atoms with Gasteiger partial charge in [0.25, 0.3) is 0 Å². The number of nitrogens with one attached hydrogen (secondary N) is 1. The van der Waals surface area contributed by atoms with Crippen LogP contribution in [0.25, 0.3) is 0 Å². The first-order valence-corrected chi connectivity index (χ1v) is 6.61. The van der Waals surface area contributed by atoms with E-state index >= 15 is 0 Å². The van der Waals surface area contributed by atoms with Crippen LogP contribution in [0.4, 0.5) is 8.78 Å². The fraction of sp³-hybridized carbons (Fsp3) is 0.176. The van der Waals surface area contributed by atoms with E-state index in [0.29, 0.717) is 6.54 Å². The van der Waals surface area contributed by atoms with Crippen molar-refractivity contribution in [3.05, 3.63) is 83.9 Å². The van der Waals surface area contributed by atoms with Gasteiger partial charge in [-0.15, -0.1) is 0 Å². The standard InChI is InChI=1S/C17H17F2NO/c1-2-17(21,14-8-9-15(18)16(19)10-14)12-20-11-13-6-4-3-5-7-13/h2-10,20-21H,1,11-12H2. The summed E-state index contributed by atoms with van der Waals surface area (Å²) in [6, 6.07) is 13.0. The lowest BCUT2D eigenvalue weighted by molar-refractivity contribution is 0.0880. The van der Waals surface area contributed by atoms with Crippen LogP contribution in [0.15, 0.2) is 61.2 Å². The smallest absolute Gasteiger partial charge is 0.159 e. The van der Waals surface area contributed by atoms with Crippen LogP contribution in [0.5, 0.6) is 0 Å². The largest absolute Gasteiger partial charge is 0.380 e. The van der Waals surface area contributed by atoms with Gasteiger partial charge in [0.15, 0.2) is 11.6 Å². The minimum atomic E-state index is -1.46. The van der Waals surface area contributed by atoms with Crippen molar-refractivity contribution in [2.45, 2.75) is 12.1 Å². The van der Waals surface area contributed by atoms with Crippen molar-refractivity contribution in [1.29, 1.82) is 0 Å². The molecule has 21 heavy (non-hydrogen) atoms. The summed E-state index contributed by atoms with van der Waals surface area (Å²) in [5, 5.41) is 13.6. The number of rotatable bonds is 6. The lowest BCUT2D eigenvalue weighted by Crippen LogP contribution is -2.36. The maximum Gasteiger partial charge on any atom is 0.159 e. The van der Waals surface area contributed by atoms with E-state index in [2.05, 4.69) is 11.9 Å². The summed E-state index contributed by atoms with van der Waals surface area (Å²) in [4.78, 5) is 0. The zero-order valence-electron chi connectivity index (χ0n) is 11.5. The van der Waals surface area contributed by atoms with Gasteiger partial charge in [-0.25, -0.2) is 8.78 Å². The first-order chi connectivity index (χ1) is 10.0. The Kier molecular flexibility index (Phi) is 4.83. The van der Waals surface area contributed by atoms with Crippen LogP contribution < -0.4 is 5.32 Å². The first kappa shape index (κ1) is 15.4. The monoisotopic (exact) mass is 289 g/mol. The molecular weight excluding hydrogens is 272 g/mol. The molecule has 0 heterocycles. The molecule has 0 saturated carbocycles. The van der Waals surface area contributed by atoms with E-state index in [-0.39, 0.29) is 12.1 Å². The van der Waals surface area contributed by atoms with Gasteiger partial charge in [0.05, 0.1) is 0 Å².